The topological polar surface area (TPSA) is 55.1 Å². The number of benzene rings is 2. The standard InChI is InChI=1S/C16H18N2O/c1-10-6-13(7-10)18-16(19)14-8-11-4-2-3-5-12(11)9-15(14)17/h2-5,8-10,13H,6-7,17H2,1H3,(H,18,19). The molecule has 1 saturated carbocycles. The van der Waals surface area contributed by atoms with Gasteiger partial charge in [-0.1, -0.05) is 31.2 Å². The van der Waals surface area contributed by atoms with Crippen molar-refractivity contribution in [1.82, 2.24) is 5.32 Å². The number of amides is 1. The van der Waals surface area contributed by atoms with Crippen LogP contribution in [0.1, 0.15) is 30.1 Å². The summed E-state index contributed by atoms with van der Waals surface area (Å²) in [5.41, 5.74) is 7.12. The molecule has 0 aromatic heterocycles. The number of rotatable bonds is 2. The summed E-state index contributed by atoms with van der Waals surface area (Å²) in [6.45, 7) is 2.20. The third-order valence-electron chi connectivity index (χ3n) is 3.87. The van der Waals surface area contributed by atoms with Crippen LogP contribution >= 0.6 is 0 Å². The summed E-state index contributed by atoms with van der Waals surface area (Å²) in [5, 5.41) is 5.16. The highest BCUT2D eigenvalue weighted by Gasteiger charge is 2.27. The molecule has 3 nitrogen and oxygen atoms in total. The predicted molar refractivity (Wildman–Crippen MR) is 78.0 cm³/mol. The molecule has 0 heterocycles. The molecule has 1 aliphatic rings. The summed E-state index contributed by atoms with van der Waals surface area (Å²) in [6.07, 6.45) is 2.14. The van der Waals surface area contributed by atoms with Crippen LogP contribution in [-0.2, 0) is 0 Å². The van der Waals surface area contributed by atoms with E-state index in [4.69, 9.17) is 5.73 Å². The molecule has 3 heteroatoms. The molecule has 0 saturated heterocycles. The molecule has 3 rings (SSSR count). The van der Waals surface area contributed by atoms with Crippen molar-refractivity contribution in [3.8, 4) is 0 Å². The fourth-order valence-corrected chi connectivity index (χ4v) is 2.74. The van der Waals surface area contributed by atoms with Crippen molar-refractivity contribution in [3.63, 3.8) is 0 Å². The van der Waals surface area contributed by atoms with Crippen molar-refractivity contribution < 1.29 is 4.79 Å². The van der Waals surface area contributed by atoms with E-state index in [2.05, 4.69) is 12.2 Å². The minimum absolute atomic E-state index is 0.0554. The van der Waals surface area contributed by atoms with Crippen LogP contribution in [0.15, 0.2) is 36.4 Å². The molecule has 0 unspecified atom stereocenters. The highest BCUT2D eigenvalue weighted by molar-refractivity contribution is 6.04. The van der Waals surface area contributed by atoms with Crippen molar-refractivity contribution in [3.05, 3.63) is 42.0 Å². The van der Waals surface area contributed by atoms with Crippen LogP contribution in [0, 0.1) is 5.92 Å². The zero-order chi connectivity index (χ0) is 13.4. The van der Waals surface area contributed by atoms with Crippen LogP contribution in [0.4, 0.5) is 5.69 Å². The van der Waals surface area contributed by atoms with Crippen molar-refractivity contribution in [2.24, 2.45) is 5.92 Å². The number of hydrogen-bond donors (Lipinski definition) is 2. The molecule has 0 radical (unpaired) electrons. The van der Waals surface area contributed by atoms with Gasteiger partial charge in [0.05, 0.1) is 5.56 Å². The van der Waals surface area contributed by atoms with Gasteiger partial charge in [-0.05, 0) is 41.7 Å². The Bertz CT molecular complexity index is 630. The Morgan fingerprint density at radius 3 is 2.47 bits per heavy atom. The maximum absolute atomic E-state index is 12.2. The fraction of sp³-hybridized carbons (Fsp3) is 0.312. The Hall–Kier alpha value is -2.03. The molecule has 2 aromatic carbocycles. The van der Waals surface area contributed by atoms with Gasteiger partial charge in [0.15, 0.2) is 0 Å². The van der Waals surface area contributed by atoms with Gasteiger partial charge >= 0.3 is 0 Å². The first-order valence-electron chi connectivity index (χ1n) is 6.72. The van der Waals surface area contributed by atoms with Gasteiger partial charge in [0.25, 0.3) is 5.91 Å². The van der Waals surface area contributed by atoms with Crippen LogP contribution in [0.3, 0.4) is 0 Å². The quantitative estimate of drug-likeness (QED) is 0.809. The molecule has 3 N–H and O–H groups in total. The molecule has 19 heavy (non-hydrogen) atoms. The highest BCUT2D eigenvalue weighted by Crippen LogP contribution is 2.27. The Morgan fingerprint density at radius 2 is 1.84 bits per heavy atom. The number of hydrogen-bond acceptors (Lipinski definition) is 2. The van der Waals surface area contributed by atoms with Crippen molar-refractivity contribution in [2.45, 2.75) is 25.8 Å². The summed E-state index contributed by atoms with van der Waals surface area (Å²) in [5.74, 6) is 0.666. The van der Waals surface area contributed by atoms with Crippen LogP contribution in [0.25, 0.3) is 10.8 Å². The van der Waals surface area contributed by atoms with E-state index in [0.29, 0.717) is 17.3 Å². The molecule has 0 aliphatic heterocycles. The summed E-state index contributed by atoms with van der Waals surface area (Å²) in [4.78, 5) is 12.2. The highest BCUT2D eigenvalue weighted by atomic mass is 16.1. The first-order chi connectivity index (χ1) is 9.13. The van der Waals surface area contributed by atoms with Gasteiger partial charge in [-0.3, -0.25) is 4.79 Å². The molecule has 98 valence electrons. The molecular formula is C16H18N2O. The van der Waals surface area contributed by atoms with Crippen molar-refractivity contribution in [1.29, 1.82) is 0 Å². The van der Waals surface area contributed by atoms with Gasteiger partial charge < -0.3 is 11.1 Å². The molecule has 0 spiro atoms. The maximum atomic E-state index is 12.2. The van der Waals surface area contributed by atoms with Crippen LogP contribution in [0.5, 0.6) is 0 Å². The second-order valence-corrected chi connectivity index (χ2v) is 5.53. The van der Waals surface area contributed by atoms with E-state index in [-0.39, 0.29) is 5.91 Å². The van der Waals surface area contributed by atoms with Gasteiger partial charge in [-0.15, -0.1) is 0 Å². The van der Waals surface area contributed by atoms with Gasteiger partial charge in [0.2, 0.25) is 0 Å². The fourth-order valence-electron chi connectivity index (χ4n) is 2.74. The van der Waals surface area contributed by atoms with E-state index in [9.17, 15) is 4.79 Å². The lowest BCUT2D eigenvalue weighted by molar-refractivity contribution is 0.0897. The second kappa shape index (κ2) is 4.57. The smallest absolute Gasteiger partial charge is 0.253 e. The minimum atomic E-state index is -0.0554. The van der Waals surface area contributed by atoms with Gasteiger partial charge in [0.1, 0.15) is 0 Å². The summed E-state index contributed by atoms with van der Waals surface area (Å²) < 4.78 is 0. The summed E-state index contributed by atoms with van der Waals surface area (Å²) >= 11 is 0. The van der Waals surface area contributed by atoms with E-state index in [0.717, 1.165) is 29.5 Å². The van der Waals surface area contributed by atoms with Gasteiger partial charge in [0, 0.05) is 11.7 Å². The number of carbonyl (C=O) groups excluding carboxylic acids is 1. The number of carbonyl (C=O) groups is 1. The lowest BCUT2D eigenvalue weighted by Gasteiger charge is -2.33. The van der Waals surface area contributed by atoms with Crippen molar-refractivity contribution >= 4 is 22.4 Å². The zero-order valence-electron chi connectivity index (χ0n) is 11.0. The van der Waals surface area contributed by atoms with Crippen molar-refractivity contribution in [2.75, 3.05) is 5.73 Å². The number of fused-ring (bicyclic) bond motifs is 1. The molecule has 1 aliphatic carbocycles. The minimum Gasteiger partial charge on any atom is -0.398 e. The largest absolute Gasteiger partial charge is 0.398 e. The molecule has 0 bridgehead atoms. The molecule has 0 atom stereocenters. The number of nitrogens with two attached hydrogens (primary N) is 1. The van der Waals surface area contributed by atoms with E-state index in [1.807, 2.05) is 36.4 Å². The lowest BCUT2D eigenvalue weighted by atomic mass is 9.82. The molecule has 2 aromatic rings. The maximum Gasteiger partial charge on any atom is 0.253 e. The van der Waals surface area contributed by atoms with Gasteiger partial charge in [-0.2, -0.15) is 0 Å². The zero-order valence-corrected chi connectivity index (χ0v) is 11.0. The van der Waals surface area contributed by atoms with E-state index < -0.39 is 0 Å². The molecule has 1 amide bonds. The Morgan fingerprint density at radius 1 is 1.21 bits per heavy atom. The molecule has 1 fully saturated rings. The summed E-state index contributed by atoms with van der Waals surface area (Å²) in [6, 6.07) is 12.0. The first-order valence-corrected chi connectivity index (χ1v) is 6.72. The third-order valence-corrected chi connectivity index (χ3v) is 3.87. The lowest BCUT2D eigenvalue weighted by Crippen LogP contribution is -2.43. The third kappa shape index (κ3) is 2.28. The monoisotopic (exact) mass is 254 g/mol. The number of nitrogens with one attached hydrogen (secondary N) is 1. The average molecular weight is 254 g/mol. The van der Waals surface area contributed by atoms with Crippen LogP contribution < -0.4 is 11.1 Å². The SMILES string of the molecule is CC1CC(NC(=O)c2cc3ccccc3cc2N)C1. The van der Waals surface area contributed by atoms with Crippen LogP contribution in [0.2, 0.25) is 0 Å². The summed E-state index contributed by atoms with van der Waals surface area (Å²) in [7, 11) is 0. The average Bonchev–Trinajstić information content (AvgIpc) is 2.36. The second-order valence-electron chi connectivity index (χ2n) is 5.53. The predicted octanol–water partition coefficient (Wildman–Crippen LogP) is 2.95. The van der Waals surface area contributed by atoms with Crippen LogP contribution in [-0.4, -0.2) is 11.9 Å². The number of anilines is 1. The Labute approximate surface area is 112 Å². The number of nitrogen functional groups attached to an aromatic ring is 1. The Balaban J connectivity index is 1.87. The normalized spacial score (nSPS) is 21.9. The molecular weight excluding hydrogens is 236 g/mol. The van der Waals surface area contributed by atoms with E-state index in [1.54, 1.807) is 0 Å². The van der Waals surface area contributed by atoms with E-state index in [1.165, 1.54) is 0 Å². The first kappa shape index (κ1) is 12.0. The Kier molecular flexibility index (Phi) is 2.90. The van der Waals surface area contributed by atoms with Gasteiger partial charge in [-0.25, -0.2) is 0 Å². The van der Waals surface area contributed by atoms with E-state index >= 15 is 0 Å².